The number of hydrogen-bond donors (Lipinski definition) is 2. The summed E-state index contributed by atoms with van der Waals surface area (Å²) in [5, 5.41) is 2.78. The summed E-state index contributed by atoms with van der Waals surface area (Å²) in [6.45, 7) is 0. The van der Waals surface area contributed by atoms with Gasteiger partial charge >= 0.3 is 6.18 Å². The number of benzene rings is 1. The summed E-state index contributed by atoms with van der Waals surface area (Å²) in [5.41, 5.74) is 5.52. The second-order valence-corrected chi connectivity index (χ2v) is 5.18. The molecule has 0 spiro atoms. The molecule has 8 heteroatoms. The van der Waals surface area contributed by atoms with Crippen LogP contribution in [0.15, 0.2) is 34.9 Å². The van der Waals surface area contributed by atoms with Gasteiger partial charge in [0.25, 0.3) is 0 Å². The molecule has 0 amide bonds. The van der Waals surface area contributed by atoms with Crippen molar-refractivity contribution in [2.75, 3.05) is 11.1 Å². The largest absolute Gasteiger partial charge is 0.416 e. The molecule has 2 aromatic rings. The molecule has 20 heavy (non-hydrogen) atoms. The van der Waals surface area contributed by atoms with Crippen LogP contribution in [0.2, 0.25) is 5.02 Å². The predicted octanol–water partition coefficient (Wildman–Crippen LogP) is 4.84. The minimum Gasteiger partial charge on any atom is -0.397 e. The quantitative estimate of drug-likeness (QED) is 0.799. The molecule has 2 rings (SSSR count). The molecule has 0 saturated heterocycles. The van der Waals surface area contributed by atoms with Crippen molar-refractivity contribution in [1.82, 2.24) is 4.98 Å². The maximum Gasteiger partial charge on any atom is 0.416 e. The van der Waals surface area contributed by atoms with Gasteiger partial charge in [0.2, 0.25) is 0 Å². The van der Waals surface area contributed by atoms with E-state index in [1.54, 1.807) is 6.07 Å². The number of anilines is 3. The first-order valence-electron chi connectivity index (χ1n) is 5.32. The Labute approximate surface area is 126 Å². The Morgan fingerprint density at radius 3 is 2.50 bits per heavy atom. The molecule has 1 aromatic heterocycles. The maximum atomic E-state index is 12.5. The van der Waals surface area contributed by atoms with Crippen LogP contribution >= 0.6 is 27.5 Å². The van der Waals surface area contributed by atoms with E-state index in [2.05, 4.69) is 26.2 Å². The topological polar surface area (TPSA) is 50.9 Å². The number of nitrogens with zero attached hydrogens (tertiary/aromatic N) is 1. The van der Waals surface area contributed by atoms with Gasteiger partial charge in [-0.05, 0) is 40.2 Å². The molecule has 0 aliphatic carbocycles. The summed E-state index contributed by atoms with van der Waals surface area (Å²) in [4.78, 5) is 4.02. The number of hydrogen-bond acceptors (Lipinski definition) is 3. The molecule has 0 radical (unpaired) electrons. The number of aromatic nitrogens is 1. The third-order valence-electron chi connectivity index (χ3n) is 2.41. The molecular weight excluding hydrogens is 359 g/mol. The summed E-state index contributed by atoms with van der Waals surface area (Å²) in [6, 6.07) is 4.66. The fourth-order valence-corrected chi connectivity index (χ4v) is 2.16. The Balaban J connectivity index is 2.30. The lowest BCUT2D eigenvalue weighted by atomic mass is 10.2. The molecule has 0 bridgehead atoms. The van der Waals surface area contributed by atoms with Crippen LogP contribution in [-0.2, 0) is 6.18 Å². The van der Waals surface area contributed by atoms with Crippen molar-refractivity contribution in [3.63, 3.8) is 0 Å². The van der Waals surface area contributed by atoms with E-state index in [9.17, 15) is 13.2 Å². The summed E-state index contributed by atoms with van der Waals surface area (Å²) < 4.78 is 38.1. The Kier molecular flexibility index (Phi) is 4.10. The highest BCUT2D eigenvalue weighted by atomic mass is 79.9. The Hall–Kier alpha value is -1.47. The van der Waals surface area contributed by atoms with Crippen molar-refractivity contribution in [2.24, 2.45) is 0 Å². The minimum absolute atomic E-state index is 0.0506. The first-order valence-corrected chi connectivity index (χ1v) is 6.49. The van der Waals surface area contributed by atoms with E-state index in [4.69, 9.17) is 17.3 Å². The van der Waals surface area contributed by atoms with Crippen molar-refractivity contribution in [2.45, 2.75) is 6.18 Å². The minimum atomic E-state index is -4.43. The number of nitrogens with one attached hydrogen (secondary N) is 1. The molecule has 0 aliphatic heterocycles. The monoisotopic (exact) mass is 365 g/mol. The number of halogens is 5. The molecule has 0 fully saturated rings. The summed E-state index contributed by atoms with van der Waals surface area (Å²) in [7, 11) is 0. The standard InChI is InChI=1S/C12H8BrClF3N3/c13-8-4-7(18)5-19-11(8)20-10-2-1-6(3-9(10)14)12(15,16)17/h1-5H,18H2,(H,19,20). The van der Waals surface area contributed by atoms with Crippen LogP contribution in [0.5, 0.6) is 0 Å². The molecule has 3 nitrogen and oxygen atoms in total. The van der Waals surface area contributed by atoms with E-state index in [1.165, 1.54) is 12.3 Å². The zero-order valence-corrected chi connectivity index (χ0v) is 12.1. The first kappa shape index (κ1) is 14.9. The van der Waals surface area contributed by atoms with Gasteiger partial charge in [0.15, 0.2) is 0 Å². The number of pyridine rings is 1. The number of nitrogens with two attached hydrogens (primary N) is 1. The molecule has 3 N–H and O–H groups in total. The average Bonchev–Trinajstić information content (AvgIpc) is 2.33. The lowest BCUT2D eigenvalue weighted by Crippen LogP contribution is -2.05. The van der Waals surface area contributed by atoms with Gasteiger partial charge in [-0.15, -0.1) is 0 Å². The summed E-state index contributed by atoms with van der Waals surface area (Å²) >= 11 is 9.09. The zero-order chi connectivity index (χ0) is 14.9. The second kappa shape index (κ2) is 5.49. The fourth-order valence-electron chi connectivity index (χ4n) is 1.47. The molecule has 1 aromatic carbocycles. The van der Waals surface area contributed by atoms with E-state index < -0.39 is 11.7 Å². The zero-order valence-electron chi connectivity index (χ0n) is 9.80. The Morgan fingerprint density at radius 1 is 1.25 bits per heavy atom. The lowest BCUT2D eigenvalue weighted by molar-refractivity contribution is -0.137. The average molecular weight is 367 g/mol. The van der Waals surface area contributed by atoms with E-state index in [0.29, 0.717) is 21.7 Å². The first-order chi connectivity index (χ1) is 9.27. The van der Waals surface area contributed by atoms with Crippen LogP contribution in [0.4, 0.5) is 30.4 Å². The van der Waals surface area contributed by atoms with Crippen molar-refractivity contribution in [3.05, 3.63) is 45.5 Å². The highest BCUT2D eigenvalue weighted by Crippen LogP contribution is 2.35. The fraction of sp³-hybridized carbons (Fsp3) is 0.0833. The van der Waals surface area contributed by atoms with Crippen LogP contribution in [0.3, 0.4) is 0 Å². The lowest BCUT2D eigenvalue weighted by Gasteiger charge is -2.12. The maximum absolute atomic E-state index is 12.5. The number of nitrogen functional groups attached to an aromatic ring is 1. The van der Waals surface area contributed by atoms with E-state index in [0.717, 1.165) is 12.1 Å². The van der Waals surface area contributed by atoms with Gasteiger partial charge in [-0.2, -0.15) is 13.2 Å². The Bertz CT molecular complexity index is 646. The summed E-state index contributed by atoms with van der Waals surface area (Å²) in [6.07, 6.45) is -3.01. The van der Waals surface area contributed by atoms with Crippen LogP contribution < -0.4 is 11.1 Å². The highest BCUT2D eigenvalue weighted by Gasteiger charge is 2.30. The van der Waals surface area contributed by atoms with Gasteiger partial charge in [0.1, 0.15) is 5.82 Å². The molecule has 106 valence electrons. The molecule has 1 heterocycles. The highest BCUT2D eigenvalue weighted by molar-refractivity contribution is 9.10. The summed E-state index contributed by atoms with van der Waals surface area (Å²) in [5.74, 6) is 0.404. The Morgan fingerprint density at radius 2 is 1.95 bits per heavy atom. The molecular formula is C12H8BrClF3N3. The van der Waals surface area contributed by atoms with Gasteiger partial charge in [-0.25, -0.2) is 4.98 Å². The number of alkyl halides is 3. The van der Waals surface area contributed by atoms with Gasteiger partial charge in [-0.3, -0.25) is 0 Å². The van der Waals surface area contributed by atoms with Gasteiger partial charge in [-0.1, -0.05) is 11.6 Å². The predicted molar refractivity (Wildman–Crippen MR) is 76.1 cm³/mol. The number of rotatable bonds is 2. The van der Waals surface area contributed by atoms with Crippen molar-refractivity contribution < 1.29 is 13.2 Å². The van der Waals surface area contributed by atoms with Crippen molar-refractivity contribution in [3.8, 4) is 0 Å². The molecule has 0 atom stereocenters. The smallest absolute Gasteiger partial charge is 0.397 e. The van der Waals surface area contributed by atoms with Crippen LogP contribution in [0.1, 0.15) is 5.56 Å². The van der Waals surface area contributed by atoms with Crippen molar-refractivity contribution in [1.29, 1.82) is 0 Å². The van der Waals surface area contributed by atoms with Crippen molar-refractivity contribution >= 4 is 44.7 Å². The molecule has 0 aliphatic rings. The molecule has 0 saturated carbocycles. The van der Waals surface area contributed by atoms with E-state index >= 15 is 0 Å². The molecule has 0 unspecified atom stereocenters. The SMILES string of the molecule is Nc1cnc(Nc2ccc(C(F)(F)F)cc2Cl)c(Br)c1. The van der Waals surface area contributed by atoms with Crippen LogP contribution in [-0.4, -0.2) is 4.98 Å². The second-order valence-electron chi connectivity index (χ2n) is 3.92. The third kappa shape index (κ3) is 3.34. The van der Waals surface area contributed by atoms with E-state index in [-0.39, 0.29) is 5.02 Å². The van der Waals surface area contributed by atoms with Crippen LogP contribution in [0.25, 0.3) is 0 Å². The van der Waals surface area contributed by atoms with Gasteiger partial charge < -0.3 is 11.1 Å². The van der Waals surface area contributed by atoms with Crippen LogP contribution in [0, 0.1) is 0 Å². The van der Waals surface area contributed by atoms with Gasteiger partial charge in [0.05, 0.1) is 32.6 Å². The normalized spacial score (nSPS) is 11.4. The van der Waals surface area contributed by atoms with Gasteiger partial charge in [0, 0.05) is 0 Å². The van der Waals surface area contributed by atoms with E-state index in [1.807, 2.05) is 0 Å². The third-order valence-corrected chi connectivity index (χ3v) is 3.33.